The fourth-order valence-electron chi connectivity index (χ4n) is 3.11. The maximum atomic E-state index is 9.69. The maximum Gasteiger partial charge on any atom is 0.0667 e. The number of β-amino-alcohol motifs (C(OH)–C–C–N with tert-alkyl or cyclic N) is 1. The van der Waals surface area contributed by atoms with E-state index in [1.807, 2.05) is 0 Å². The lowest BCUT2D eigenvalue weighted by Crippen LogP contribution is -2.44. The molecule has 2 rings (SSSR count). The molecule has 0 radical (unpaired) electrons. The van der Waals surface area contributed by atoms with Crippen LogP contribution in [0.4, 0.5) is 0 Å². The van der Waals surface area contributed by atoms with E-state index >= 15 is 0 Å². The van der Waals surface area contributed by atoms with Crippen LogP contribution in [0.5, 0.6) is 0 Å². The molecule has 15 heavy (non-hydrogen) atoms. The van der Waals surface area contributed by atoms with E-state index in [1.165, 1.54) is 57.9 Å². The molecule has 0 unspecified atom stereocenters. The second-order valence-corrected chi connectivity index (χ2v) is 5.29. The van der Waals surface area contributed by atoms with Crippen LogP contribution in [0.15, 0.2) is 0 Å². The van der Waals surface area contributed by atoms with Crippen molar-refractivity contribution in [3.8, 4) is 0 Å². The van der Waals surface area contributed by atoms with Gasteiger partial charge in [0.1, 0.15) is 0 Å². The zero-order chi connectivity index (χ0) is 10.5. The van der Waals surface area contributed by atoms with Gasteiger partial charge >= 0.3 is 0 Å². The van der Waals surface area contributed by atoms with Crippen LogP contribution in [0.25, 0.3) is 0 Å². The molecule has 1 saturated heterocycles. The van der Waals surface area contributed by atoms with E-state index < -0.39 is 0 Å². The molecule has 0 aromatic carbocycles. The van der Waals surface area contributed by atoms with E-state index in [2.05, 4.69) is 4.90 Å². The molecule has 1 heterocycles. The molecule has 0 aromatic heterocycles. The molecule has 2 fully saturated rings. The van der Waals surface area contributed by atoms with Gasteiger partial charge in [-0.25, -0.2) is 0 Å². The van der Waals surface area contributed by atoms with Crippen LogP contribution in [0, 0.1) is 0 Å². The quantitative estimate of drug-likeness (QED) is 0.720. The van der Waals surface area contributed by atoms with E-state index in [9.17, 15) is 5.11 Å². The Morgan fingerprint density at radius 1 is 0.800 bits per heavy atom. The topological polar surface area (TPSA) is 23.5 Å². The molecular formula is C13H25NO. The molecule has 1 atom stereocenters. The van der Waals surface area contributed by atoms with Gasteiger partial charge in [-0.3, -0.25) is 4.90 Å². The van der Waals surface area contributed by atoms with Crippen LogP contribution in [-0.4, -0.2) is 35.2 Å². The summed E-state index contributed by atoms with van der Waals surface area (Å²) in [5.74, 6) is 0. The summed E-state index contributed by atoms with van der Waals surface area (Å²) in [6, 6.07) is 0.778. The van der Waals surface area contributed by atoms with Gasteiger partial charge in [-0.1, -0.05) is 32.1 Å². The highest BCUT2D eigenvalue weighted by molar-refractivity contribution is 4.79. The number of aliphatic hydroxyl groups excluding tert-OH is 1. The molecular weight excluding hydrogens is 186 g/mol. The number of rotatable bonds is 1. The molecule has 2 nitrogen and oxygen atoms in total. The summed E-state index contributed by atoms with van der Waals surface area (Å²) in [4.78, 5) is 2.56. The summed E-state index contributed by atoms with van der Waals surface area (Å²) < 4.78 is 0. The van der Waals surface area contributed by atoms with Gasteiger partial charge in [0.2, 0.25) is 0 Å². The van der Waals surface area contributed by atoms with Gasteiger partial charge in [-0.2, -0.15) is 0 Å². The van der Waals surface area contributed by atoms with Crippen molar-refractivity contribution in [2.24, 2.45) is 0 Å². The Balaban J connectivity index is 1.83. The number of aliphatic hydroxyl groups is 1. The van der Waals surface area contributed by atoms with Gasteiger partial charge in [-0.15, -0.1) is 0 Å². The third-order valence-corrected chi connectivity index (χ3v) is 4.02. The molecule has 88 valence electrons. The lowest BCUT2D eigenvalue weighted by molar-refractivity contribution is 0.0392. The van der Waals surface area contributed by atoms with Crippen molar-refractivity contribution >= 4 is 0 Å². The van der Waals surface area contributed by atoms with E-state index in [-0.39, 0.29) is 6.10 Å². The predicted molar refractivity (Wildman–Crippen MR) is 62.9 cm³/mol. The lowest BCUT2D eigenvalue weighted by atomic mass is 9.94. The maximum absolute atomic E-state index is 9.69. The first kappa shape index (κ1) is 11.4. The average molecular weight is 211 g/mol. The van der Waals surface area contributed by atoms with Crippen molar-refractivity contribution in [3.63, 3.8) is 0 Å². The fraction of sp³-hybridized carbons (Fsp3) is 1.00. The van der Waals surface area contributed by atoms with Gasteiger partial charge in [0, 0.05) is 12.6 Å². The fourth-order valence-corrected chi connectivity index (χ4v) is 3.11. The summed E-state index contributed by atoms with van der Waals surface area (Å²) in [5.41, 5.74) is 0. The first-order valence-electron chi connectivity index (χ1n) is 6.78. The standard InChI is InChI=1S/C13H25NO/c15-13-9-6-10-14(11-13)12-7-4-2-1-3-5-8-12/h12-13,15H,1-11H2/t13-/m1/s1. The van der Waals surface area contributed by atoms with Crippen LogP contribution in [0.2, 0.25) is 0 Å². The molecule has 1 aliphatic heterocycles. The minimum absolute atomic E-state index is 0.0517. The molecule has 2 aliphatic rings. The van der Waals surface area contributed by atoms with Crippen molar-refractivity contribution in [3.05, 3.63) is 0 Å². The van der Waals surface area contributed by atoms with Gasteiger partial charge in [0.15, 0.2) is 0 Å². The Kier molecular flexibility index (Phi) is 4.45. The first-order valence-corrected chi connectivity index (χ1v) is 6.78. The van der Waals surface area contributed by atoms with Crippen LogP contribution < -0.4 is 0 Å². The minimum atomic E-state index is -0.0517. The van der Waals surface area contributed by atoms with Gasteiger partial charge in [0.25, 0.3) is 0 Å². The Bertz CT molecular complexity index is 175. The molecule has 0 amide bonds. The zero-order valence-electron chi connectivity index (χ0n) is 9.83. The van der Waals surface area contributed by atoms with E-state index in [4.69, 9.17) is 0 Å². The number of piperidine rings is 1. The number of hydrogen-bond acceptors (Lipinski definition) is 2. The molecule has 0 bridgehead atoms. The first-order chi connectivity index (χ1) is 7.36. The van der Waals surface area contributed by atoms with E-state index in [1.54, 1.807) is 0 Å². The number of likely N-dealkylation sites (tertiary alicyclic amines) is 1. The highest BCUT2D eigenvalue weighted by Gasteiger charge is 2.24. The zero-order valence-corrected chi connectivity index (χ0v) is 9.83. The lowest BCUT2D eigenvalue weighted by Gasteiger charge is -2.37. The summed E-state index contributed by atoms with van der Waals surface area (Å²) in [5, 5.41) is 9.69. The number of hydrogen-bond donors (Lipinski definition) is 1. The van der Waals surface area contributed by atoms with E-state index in [0.29, 0.717) is 0 Å². The van der Waals surface area contributed by atoms with Crippen LogP contribution in [0.3, 0.4) is 0 Å². The highest BCUT2D eigenvalue weighted by atomic mass is 16.3. The Hall–Kier alpha value is -0.0800. The summed E-state index contributed by atoms with van der Waals surface area (Å²) in [6.07, 6.45) is 12.0. The summed E-state index contributed by atoms with van der Waals surface area (Å²) in [7, 11) is 0. The smallest absolute Gasteiger partial charge is 0.0667 e. The van der Waals surface area contributed by atoms with Crippen molar-refractivity contribution in [1.29, 1.82) is 0 Å². The SMILES string of the molecule is O[C@@H]1CCCN(C2CCCCCCC2)C1. The third-order valence-electron chi connectivity index (χ3n) is 4.02. The molecule has 0 spiro atoms. The van der Waals surface area contributed by atoms with Crippen LogP contribution in [-0.2, 0) is 0 Å². The van der Waals surface area contributed by atoms with Crippen molar-refractivity contribution in [2.75, 3.05) is 13.1 Å². The van der Waals surface area contributed by atoms with Gasteiger partial charge in [-0.05, 0) is 32.2 Å². The van der Waals surface area contributed by atoms with Gasteiger partial charge < -0.3 is 5.11 Å². The normalized spacial score (nSPS) is 32.2. The monoisotopic (exact) mass is 211 g/mol. The van der Waals surface area contributed by atoms with Crippen LogP contribution >= 0.6 is 0 Å². The molecule has 1 N–H and O–H groups in total. The second kappa shape index (κ2) is 5.86. The molecule has 2 heteroatoms. The second-order valence-electron chi connectivity index (χ2n) is 5.29. The predicted octanol–water partition coefficient (Wildman–Crippen LogP) is 2.56. The third kappa shape index (κ3) is 3.46. The highest BCUT2D eigenvalue weighted by Crippen LogP contribution is 2.24. The van der Waals surface area contributed by atoms with Gasteiger partial charge in [0.05, 0.1) is 6.10 Å². The minimum Gasteiger partial charge on any atom is -0.392 e. The Morgan fingerprint density at radius 3 is 2.13 bits per heavy atom. The summed E-state index contributed by atoms with van der Waals surface area (Å²) >= 11 is 0. The van der Waals surface area contributed by atoms with Crippen LogP contribution in [0.1, 0.15) is 57.8 Å². The largest absolute Gasteiger partial charge is 0.392 e. The van der Waals surface area contributed by atoms with Crippen molar-refractivity contribution in [1.82, 2.24) is 4.90 Å². The Labute approximate surface area is 93.7 Å². The molecule has 0 aromatic rings. The molecule has 1 aliphatic carbocycles. The summed E-state index contributed by atoms with van der Waals surface area (Å²) in [6.45, 7) is 2.16. The average Bonchev–Trinajstić information content (AvgIpc) is 2.16. The molecule has 1 saturated carbocycles. The van der Waals surface area contributed by atoms with Crippen molar-refractivity contribution < 1.29 is 5.11 Å². The van der Waals surface area contributed by atoms with Crippen molar-refractivity contribution in [2.45, 2.75) is 69.9 Å². The number of nitrogens with zero attached hydrogens (tertiary/aromatic N) is 1. The van der Waals surface area contributed by atoms with E-state index in [0.717, 1.165) is 19.0 Å². The Morgan fingerprint density at radius 2 is 1.47 bits per heavy atom.